The summed E-state index contributed by atoms with van der Waals surface area (Å²) < 4.78 is 4.84. The van der Waals surface area contributed by atoms with Crippen LogP contribution >= 0.6 is 11.8 Å². The highest BCUT2D eigenvalue weighted by Crippen LogP contribution is 2.11. The third-order valence-corrected chi connectivity index (χ3v) is 3.21. The third kappa shape index (κ3) is 2.69. The minimum atomic E-state index is -1.16. The lowest BCUT2D eigenvalue weighted by molar-refractivity contribution is 0.0680. The molecule has 2 heterocycles. The van der Waals surface area contributed by atoms with Crippen LogP contribution < -0.4 is 5.32 Å². The average molecular weight is 229 g/mol. The van der Waals surface area contributed by atoms with E-state index in [1.165, 1.54) is 0 Å². The Hall–Kier alpha value is -1.08. The molecule has 0 radical (unpaired) electrons. The average Bonchev–Trinajstić information content (AvgIpc) is 2.68. The first-order valence-electron chi connectivity index (χ1n) is 4.62. The maximum absolute atomic E-state index is 10.5. The summed E-state index contributed by atoms with van der Waals surface area (Å²) in [4.78, 5) is 14.3. The predicted octanol–water partition coefficient (Wildman–Crippen LogP) is 0.0153. The number of nitrogens with zero attached hydrogens (tertiary/aromatic N) is 2. The van der Waals surface area contributed by atoms with Crippen molar-refractivity contribution in [1.82, 2.24) is 15.5 Å². The summed E-state index contributed by atoms with van der Waals surface area (Å²) in [5, 5.41) is 15.3. The fraction of sp³-hybridized carbons (Fsp3) is 0.625. The van der Waals surface area contributed by atoms with Crippen molar-refractivity contribution in [2.24, 2.45) is 0 Å². The third-order valence-electron chi connectivity index (χ3n) is 2.08. The number of carboxylic acid groups (broad SMARTS) is 1. The number of carboxylic acids is 1. The van der Waals surface area contributed by atoms with Gasteiger partial charge in [-0.25, -0.2) is 4.79 Å². The number of nitrogens with one attached hydrogen (secondary N) is 1. The van der Waals surface area contributed by atoms with Gasteiger partial charge < -0.3 is 14.9 Å². The maximum atomic E-state index is 10.5. The van der Waals surface area contributed by atoms with E-state index in [4.69, 9.17) is 9.63 Å². The van der Waals surface area contributed by atoms with Crippen LogP contribution in [-0.2, 0) is 6.42 Å². The van der Waals surface area contributed by atoms with Gasteiger partial charge in [0.05, 0.1) is 0 Å². The van der Waals surface area contributed by atoms with Crippen LogP contribution in [0.3, 0.4) is 0 Å². The van der Waals surface area contributed by atoms with E-state index in [2.05, 4.69) is 15.5 Å². The van der Waals surface area contributed by atoms with Crippen molar-refractivity contribution < 1.29 is 14.4 Å². The van der Waals surface area contributed by atoms with Gasteiger partial charge in [-0.15, -0.1) is 0 Å². The number of carbonyl (C=O) groups is 1. The molecular weight excluding hydrogens is 218 g/mol. The second kappa shape index (κ2) is 4.63. The monoisotopic (exact) mass is 229 g/mol. The molecule has 1 atom stereocenters. The molecule has 1 aromatic rings. The summed E-state index contributed by atoms with van der Waals surface area (Å²) in [6.07, 6.45) is 0.591. The van der Waals surface area contributed by atoms with Crippen molar-refractivity contribution in [1.29, 1.82) is 0 Å². The molecule has 0 aliphatic carbocycles. The number of hydrogen-bond donors (Lipinski definition) is 2. The second-order valence-corrected chi connectivity index (χ2v) is 4.40. The van der Waals surface area contributed by atoms with Gasteiger partial charge in [0.25, 0.3) is 5.82 Å². The van der Waals surface area contributed by atoms with Gasteiger partial charge in [0.15, 0.2) is 0 Å². The lowest BCUT2D eigenvalue weighted by atomic mass is 10.2. The fourth-order valence-electron chi connectivity index (χ4n) is 1.39. The van der Waals surface area contributed by atoms with Crippen molar-refractivity contribution in [3.8, 4) is 0 Å². The first kappa shape index (κ1) is 10.4. The van der Waals surface area contributed by atoms with Crippen LogP contribution in [0.1, 0.15) is 16.5 Å². The van der Waals surface area contributed by atoms with Crippen LogP contribution in [0.2, 0.25) is 0 Å². The highest BCUT2D eigenvalue weighted by Gasteiger charge is 2.18. The largest absolute Gasteiger partial charge is 0.475 e. The lowest BCUT2D eigenvalue weighted by Gasteiger charge is -2.21. The number of rotatable bonds is 3. The molecular formula is C8H11N3O3S. The maximum Gasteiger partial charge on any atom is 0.377 e. The van der Waals surface area contributed by atoms with E-state index in [1.54, 1.807) is 0 Å². The van der Waals surface area contributed by atoms with Crippen molar-refractivity contribution in [3.63, 3.8) is 0 Å². The fourth-order valence-corrected chi connectivity index (χ4v) is 2.34. The summed E-state index contributed by atoms with van der Waals surface area (Å²) in [7, 11) is 0. The normalized spacial score (nSPS) is 21.5. The van der Waals surface area contributed by atoms with Crippen LogP contribution in [0.4, 0.5) is 0 Å². The summed E-state index contributed by atoms with van der Waals surface area (Å²) >= 11 is 1.87. The van der Waals surface area contributed by atoms with Gasteiger partial charge in [0.1, 0.15) is 0 Å². The van der Waals surface area contributed by atoms with Gasteiger partial charge >= 0.3 is 5.97 Å². The van der Waals surface area contributed by atoms with Gasteiger partial charge in [0.2, 0.25) is 5.89 Å². The van der Waals surface area contributed by atoms with E-state index < -0.39 is 5.97 Å². The van der Waals surface area contributed by atoms with E-state index in [-0.39, 0.29) is 5.82 Å². The molecule has 6 nitrogen and oxygen atoms in total. The zero-order valence-corrected chi connectivity index (χ0v) is 8.79. The summed E-state index contributed by atoms with van der Waals surface area (Å²) in [5.41, 5.74) is 0. The molecule has 0 bridgehead atoms. The first-order chi connectivity index (χ1) is 7.25. The topological polar surface area (TPSA) is 88.2 Å². The molecule has 1 saturated heterocycles. The number of aromatic nitrogens is 2. The van der Waals surface area contributed by atoms with Crippen molar-refractivity contribution >= 4 is 17.7 Å². The molecule has 2 N–H and O–H groups in total. The van der Waals surface area contributed by atoms with Gasteiger partial charge in [-0.3, -0.25) is 0 Å². The van der Waals surface area contributed by atoms with E-state index in [0.717, 1.165) is 18.1 Å². The predicted molar refractivity (Wildman–Crippen MR) is 54.1 cm³/mol. The zero-order valence-electron chi connectivity index (χ0n) is 7.97. The Bertz CT molecular complexity index is 349. The summed E-state index contributed by atoms with van der Waals surface area (Å²) in [6, 6.07) is 0.297. The molecule has 7 heteroatoms. The summed E-state index contributed by atoms with van der Waals surface area (Å²) in [6.45, 7) is 0.968. The Morgan fingerprint density at radius 2 is 2.60 bits per heavy atom. The zero-order chi connectivity index (χ0) is 10.7. The Kier molecular flexibility index (Phi) is 3.22. The Morgan fingerprint density at radius 1 is 1.73 bits per heavy atom. The van der Waals surface area contributed by atoms with Gasteiger partial charge in [-0.05, 0) is 5.16 Å². The van der Waals surface area contributed by atoms with Crippen LogP contribution in [0, 0.1) is 0 Å². The van der Waals surface area contributed by atoms with Gasteiger partial charge in [-0.2, -0.15) is 16.7 Å². The van der Waals surface area contributed by atoms with Crippen molar-refractivity contribution in [2.45, 2.75) is 12.5 Å². The van der Waals surface area contributed by atoms with E-state index in [9.17, 15) is 4.79 Å². The van der Waals surface area contributed by atoms with Gasteiger partial charge in [0, 0.05) is 30.5 Å². The molecule has 82 valence electrons. The molecule has 1 fully saturated rings. The van der Waals surface area contributed by atoms with Crippen molar-refractivity contribution in [2.75, 3.05) is 18.1 Å². The van der Waals surface area contributed by atoms with E-state index in [1.807, 2.05) is 11.8 Å². The Balaban J connectivity index is 1.94. The van der Waals surface area contributed by atoms with Crippen molar-refractivity contribution in [3.05, 3.63) is 11.7 Å². The molecule has 15 heavy (non-hydrogen) atoms. The van der Waals surface area contributed by atoms with Crippen LogP contribution in [0.15, 0.2) is 4.52 Å². The summed E-state index contributed by atoms with van der Waals surface area (Å²) in [5.74, 6) is 1.06. The SMILES string of the molecule is O=C(O)c1noc(CC2CSCCN2)n1. The smallest absolute Gasteiger partial charge is 0.377 e. The minimum Gasteiger partial charge on any atom is -0.475 e. The molecule has 0 spiro atoms. The number of aromatic carboxylic acids is 1. The molecule has 0 saturated carbocycles. The molecule has 0 amide bonds. The number of thioether (sulfide) groups is 1. The minimum absolute atomic E-state index is 0.270. The highest BCUT2D eigenvalue weighted by atomic mass is 32.2. The molecule has 1 aliphatic heterocycles. The Labute approximate surface area is 90.4 Å². The second-order valence-electron chi connectivity index (χ2n) is 3.25. The molecule has 2 rings (SSSR count). The molecule has 0 aromatic carbocycles. The van der Waals surface area contributed by atoms with E-state index >= 15 is 0 Å². The van der Waals surface area contributed by atoms with E-state index in [0.29, 0.717) is 18.4 Å². The molecule has 1 unspecified atom stereocenters. The van der Waals surface area contributed by atoms with Gasteiger partial charge in [-0.1, -0.05) is 0 Å². The highest BCUT2D eigenvalue weighted by molar-refractivity contribution is 7.99. The standard InChI is InChI=1S/C8H11N3O3S/c12-8(13)7-10-6(14-11-7)3-5-4-15-2-1-9-5/h5,9H,1-4H2,(H,12,13). The molecule has 1 aromatic heterocycles. The molecule has 1 aliphatic rings. The van der Waals surface area contributed by atoms with Crippen LogP contribution in [0.25, 0.3) is 0 Å². The lowest BCUT2D eigenvalue weighted by Crippen LogP contribution is -2.38. The first-order valence-corrected chi connectivity index (χ1v) is 5.78. The Morgan fingerprint density at radius 3 is 3.20 bits per heavy atom. The van der Waals surface area contributed by atoms with Crippen LogP contribution in [0.5, 0.6) is 0 Å². The quantitative estimate of drug-likeness (QED) is 0.755. The number of hydrogen-bond acceptors (Lipinski definition) is 6. The van der Waals surface area contributed by atoms with Crippen LogP contribution in [-0.4, -0.2) is 45.3 Å².